The van der Waals surface area contributed by atoms with Gasteiger partial charge < -0.3 is 20.1 Å². The van der Waals surface area contributed by atoms with E-state index >= 15 is 0 Å². The Morgan fingerprint density at radius 3 is 2.86 bits per heavy atom. The second-order valence-corrected chi connectivity index (χ2v) is 5.63. The molecule has 1 aliphatic rings. The van der Waals surface area contributed by atoms with Crippen LogP contribution in [0.25, 0.3) is 0 Å². The summed E-state index contributed by atoms with van der Waals surface area (Å²) in [7, 11) is 0. The first-order chi connectivity index (χ1) is 10.1. The van der Waals surface area contributed by atoms with E-state index < -0.39 is 0 Å². The number of ether oxygens (including phenoxy) is 2. The molecule has 0 saturated carbocycles. The summed E-state index contributed by atoms with van der Waals surface area (Å²) in [6.07, 6.45) is 0. The molecule has 0 aromatic heterocycles. The Morgan fingerprint density at radius 2 is 2.14 bits per heavy atom. The SMILES string of the molecule is CC(C)COc1cccc(CN=C(N)N2CCOCC2)c1. The van der Waals surface area contributed by atoms with Gasteiger partial charge in [0, 0.05) is 13.1 Å². The normalized spacial score (nSPS) is 16.3. The fourth-order valence-electron chi connectivity index (χ4n) is 2.06. The smallest absolute Gasteiger partial charge is 0.191 e. The number of benzene rings is 1. The predicted molar refractivity (Wildman–Crippen MR) is 84.5 cm³/mol. The Kier molecular flexibility index (Phi) is 5.87. The van der Waals surface area contributed by atoms with Gasteiger partial charge in [-0.15, -0.1) is 0 Å². The topological polar surface area (TPSA) is 60.1 Å². The van der Waals surface area contributed by atoms with Gasteiger partial charge in [-0.05, 0) is 23.6 Å². The van der Waals surface area contributed by atoms with Gasteiger partial charge in [0.15, 0.2) is 5.96 Å². The summed E-state index contributed by atoms with van der Waals surface area (Å²) >= 11 is 0. The molecule has 2 N–H and O–H groups in total. The summed E-state index contributed by atoms with van der Waals surface area (Å²) in [5, 5.41) is 0. The molecule has 1 heterocycles. The first-order valence-corrected chi connectivity index (χ1v) is 7.49. The maximum Gasteiger partial charge on any atom is 0.191 e. The van der Waals surface area contributed by atoms with E-state index in [4.69, 9.17) is 15.2 Å². The average Bonchev–Trinajstić information content (AvgIpc) is 2.52. The van der Waals surface area contributed by atoms with Crippen molar-refractivity contribution in [3.63, 3.8) is 0 Å². The number of morpholine rings is 1. The molecule has 0 unspecified atom stereocenters. The lowest BCUT2D eigenvalue weighted by Crippen LogP contribution is -2.44. The number of rotatable bonds is 5. The van der Waals surface area contributed by atoms with Crippen LogP contribution in [0.15, 0.2) is 29.3 Å². The van der Waals surface area contributed by atoms with Gasteiger partial charge in [-0.3, -0.25) is 0 Å². The third kappa shape index (κ3) is 5.27. The van der Waals surface area contributed by atoms with Crippen molar-refractivity contribution in [2.45, 2.75) is 20.4 Å². The largest absolute Gasteiger partial charge is 0.493 e. The maximum absolute atomic E-state index is 6.02. The quantitative estimate of drug-likeness (QED) is 0.664. The van der Waals surface area contributed by atoms with Gasteiger partial charge in [0.2, 0.25) is 0 Å². The molecule has 116 valence electrons. The Morgan fingerprint density at radius 1 is 1.38 bits per heavy atom. The summed E-state index contributed by atoms with van der Waals surface area (Å²) in [4.78, 5) is 6.52. The molecule has 1 aromatic carbocycles. The molecule has 0 radical (unpaired) electrons. The van der Waals surface area contributed by atoms with Crippen LogP contribution in [0, 0.1) is 5.92 Å². The molecule has 0 aliphatic carbocycles. The fraction of sp³-hybridized carbons (Fsp3) is 0.562. The minimum absolute atomic E-state index is 0.517. The van der Waals surface area contributed by atoms with Gasteiger partial charge in [-0.25, -0.2) is 4.99 Å². The highest BCUT2D eigenvalue weighted by molar-refractivity contribution is 5.78. The van der Waals surface area contributed by atoms with Crippen LogP contribution in [0.4, 0.5) is 0 Å². The van der Waals surface area contributed by atoms with Crippen molar-refractivity contribution < 1.29 is 9.47 Å². The van der Waals surface area contributed by atoms with E-state index in [1.807, 2.05) is 24.3 Å². The monoisotopic (exact) mass is 291 g/mol. The van der Waals surface area contributed by atoms with Gasteiger partial charge in [0.05, 0.1) is 26.4 Å². The first-order valence-electron chi connectivity index (χ1n) is 7.49. The van der Waals surface area contributed by atoms with E-state index in [-0.39, 0.29) is 0 Å². The van der Waals surface area contributed by atoms with Crippen LogP contribution < -0.4 is 10.5 Å². The van der Waals surface area contributed by atoms with Crippen LogP contribution in [0.3, 0.4) is 0 Å². The number of aliphatic imine (C=N–C) groups is 1. The highest BCUT2D eigenvalue weighted by Crippen LogP contribution is 2.15. The predicted octanol–water partition coefficient (Wildman–Crippen LogP) is 1.87. The van der Waals surface area contributed by atoms with E-state index in [0.717, 1.165) is 44.2 Å². The molecule has 1 saturated heterocycles. The zero-order valence-electron chi connectivity index (χ0n) is 12.9. The second-order valence-electron chi connectivity index (χ2n) is 5.63. The minimum atomic E-state index is 0.517. The van der Waals surface area contributed by atoms with Crippen LogP contribution in [-0.4, -0.2) is 43.8 Å². The summed E-state index contributed by atoms with van der Waals surface area (Å²) in [5.41, 5.74) is 7.13. The molecule has 5 heteroatoms. The van der Waals surface area contributed by atoms with Gasteiger partial charge in [0.25, 0.3) is 0 Å². The average molecular weight is 291 g/mol. The maximum atomic E-state index is 6.02. The first kappa shape index (κ1) is 15.6. The van der Waals surface area contributed by atoms with Crippen LogP contribution in [0.1, 0.15) is 19.4 Å². The fourth-order valence-corrected chi connectivity index (χ4v) is 2.06. The summed E-state index contributed by atoms with van der Waals surface area (Å²) in [6, 6.07) is 8.03. The molecule has 0 atom stereocenters. The Bertz CT molecular complexity index is 468. The highest BCUT2D eigenvalue weighted by atomic mass is 16.5. The Balaban J connectivity index is 1.91. The molecule has 1 aromatic rings. The van der Waals surface area contributed by atoms with Gasteiger partial charge in [-0.2, -0.15) is 0 Å². The van der Waals surface area contributed by atoms with Crippen molar-refractivity contribution >= 4 is 5.96 Å². The third-order valence-electron chi connectivity index (χ3n) is 3.24. The van der Waals surface area contributed by atoms with E-state index in [1.54, 1.807) is 0 Å². The summed E-state index contributed by atoms with van der Waals surface area (Å²) in [6.45, 7) is 8.63. The Hall–Kier alpha value is -1.75. The van der Waals surface area contributed by atoms with Crippen molar-refractivity contribution in [3.05, 3.63) is 29.8 Å². The summed E-state index contributed by atoms with van der Waals surface area (Å²) < 4.78 is 11.0. The van der Waals surface area contributed by atoms with E-state index in [9.17, 15) is 0 Å². The van der Waals surface area contributed by atoms with E-state index in [2.05, 4.69) is 23.7 Å². The Labute approximate surface area is 126 Å². The summed E-state index contributed by atoms with van der Waals surface area (Å²) in [5.74, 6) is 2.00. The minimum Gasteiger partial charge on any atom is -0.493 e. The van der Waals surface area contributed by atoms with E-state index in [1.165, 1.54) is 0 Å². The van der Waals surface area contributed by atoms with Crippen molar-refractivity contribution in [3.8, 4) is 5.75 Å². The number of hydrogen-bond donors (Lipinski definition) is 1. The lowest BCUT2D eigenvalue weighted by atomic mass is 10.2. The molecule has 21 heavy (non-hydrogen) atoms. The number of hydrogen-bond acceptors (Lipinski definition) is 3. The molecule has 0 amide bonds. The van der Waals surface area contributed by atoms with Gasteiger partial charge in [0.1, 0.15) is 5.75 Å². The number of nitrogens with two attached hydrogens (primary N) is 1. The highest BCUT2D eigenvalue weighted by Gasteiger charge is 2.11. The lowest BCUT2D eigenvalue weighted by Gasteiger charge is -2.27. The second kappa shape index (κ2) is 7.88. The van der Waals surface area contributed by atoms with Gasteiger partial charge in [-0.1, -0.05) is 26.0 Å². The number of nitrogens with zero attached hydrogens (tertiary/aromatic N) is 2. The van der Waals surface area contributed by atoms with Crippen molar-refractivity contribution in [1.82, 2.24) is 4.90 Å². The van der Waals surface area contributed by atoms with Crippen LogP contribution in [-0.2, 0) is 11.3 Å². The molecular formula is C16H25N3O2. The molecule has 0 bridgehead atoms. The molecule has 0 spiro atoms. The lowest BCUT2D eigenvalue weighted by molar-refractivity contribution is 0.0674. The third-order valence-corrected chi connectivity index (χ3v) is 3.24. The zero-order chi connectivity index (χ0) is 15.1. The van der Waals surface area contributed by atoms with Gasteiger partial charge >= 0.3 is 0 Å². The molecule has 1 fully saturated rings. The van der Waals surface area contributed by atoms with Crippen LogP contribution >= 0.6 is 0 Å². The molecular weight excluding hydrogens is 266 g/mol. The molecule has 1 aliphatic heterocycles. The molecule has 5 nitrogen and oxygen atoms in total. The molecule has 2 rings (SSSR count). The zero-order valence-corrected chi connectivity index (χ0v) is 12.9. The van der Waals surface area contributed by atoms with Crippen molar-refractivity contribution in [1.29, 1.82) is 0 Å². The van der Waals surface area contributed by atoms with Crippen molar-refractivity contribution in [2.24, 2.45) is 16.6 Å². The van der Waals surface area contributed by atoms with Crippen molar-refractivity contribution in [2.75, 3.05) is 32.9 Å². The standard InChI is InChI=1S/C16H25N3O2/c1-13(2)12-21-15-5-3-4-14(10-15)11-18-16(17)19-6-8-20-9-7-19/h3-5,10,13H,6-9,11-12H2,1-2H3,(H2,17,18). The number of guanidine groups is 1. The van der Waals surface area contributed by atoms with Crippen LogP contribution in [0.2, 0.25) is 0 Å². The van der Waals surface area contributed by atoms with E-state index in [0.29, 0.717) is 18.4 Å². The van der Waals surface area contributed by atoms with Crippen LogP contribution in [0.5, 0.6) is 5.75 Å².